The van der Waals surface area contributed by atoms with E-state index in [1.807, 2.05) is 0 Å². The molecular formula is C12H25N3O3S. The van der Waals surface area contributed by atoms with Crippen LogP contribution in [-0.2, 0) is 14.8 Å². The Hall–Kier alpha value is -0.660. The van der Waals surface area contributed by atoms with E-state index in [1.54, 1.807) is 32.6 Å². The highest BCUT2D eigenvalue weighted by molar-refractivity contribution is 7.90. The van der Waals surface area contributed by atoms with Gasteiger partial charge in [-0.2, -0.15) is 0 Å². The van der Waals surface area contributed by atoms with Gasteiger partial charge < -0.3 is 10.6 Å². The third-order valence-corrected chi connectivity index (χ3v) is 5.19. The maximum Gasteiger partial charge on any atom is 0.242 e. The van der Waals surface area contributed by atoms with Crippen molar-refractivity contribution >= 4 is 15.9 Å². The minimum Gasteiger partial charge on any atom is -0.341 e. The summed E-state index contributed by atoms with van der Waals surface area (Å²) in [6.07, 6.45) is 1.27. The fourth-order valence-electron chi connectivity index (χ4n) is 1.98. The molecule has 1 fully saturated rings. The number of rotatable bonds is 4. The molecule has 1 aliphatic heterocycles. The maximum atomic E-state index is 12.0. The Kier molecular flexibility index (Phi) is 4.97. The number of amides is 1. The molecule has 1 rings (SSSR count). The number of nitrogens with zero attached hydrogens (tertiary/aromatic N) is 1. The Morgan fingerprint density at radius 3 is 2.16 bits per heavy atom. The van der Waals surface area contributed by atoms with E-state index in [4.69, 9.17) is 5.73 Å². The SMILES string of the molecule is CC(C)S(=O)(=O)NC1CCN(C(=O)C(C)(C)N)CC1. The molecule has 0 aromatic carbocycles. The van der Waals surface area contributed by atoms with Crippen molar-refractivity contribution in [2.24, 2.45) is 5.73 Å². The summed E-state index contributed by atoms with van der Waals surface area (Å²) in [5, 5.41) is -0.435. The highest BCUT2D eigenvalue weighted by atomic mass is 32.2. The summed E-state index contributed by atoms with van der Waals surface area (Å²) in [7, 11) is -3.24. The zero-order valence-corrected chi connectivity index (χ0v) is 13.0. The molecule has 1 heterocycles. The average Bonchev–Trinajstić information content (AvgIpc) is 2.27. The van der Waals surface area contributed by atoms with E-state index in [0.29, 0.717) is 25.9 Å². The number of sulfonamides is 1. The van der Waals surface area contributed by atoms with Gasteiger partial charge >= 0.3 is 0 Å². The summed E-state index contributed by atoms with van der Waals surface area (Å²) >= 11 is 0. The fourth-order valence-corrected chi connectivity index (χ4v) is 2.95. The van der Waals surface area contributed by atoms with E-state index in [0.717, 1.165) is 0 Å². The zero-order chi connectivity index (χ0) is 14.8. The van der Waals surface area contributed by atoms with Crippen LogP contribution in [0.1, 0.15) is 40.5 Å². The number of nitrogens with one attached hydrogen (secondary N) is 1. The van der Waals surface area contributed by atoms with Crippen LogP contribution >= 0.6 is 0 Å². The average molecular weight is 291 g/mol. The van der Waals surface area contributed by atoms with Crippen LogP contribution in [0.4, 0.5) is 0 Å². The largest absolute Gasteiger partial charge is 0.341 e. The molecule has 0 bridgehead atoms. The third-order valence-electron chi connectivity index (χ3n) is 3.28. The Bertz CT molecular complexity index is 418. The quantitative estimate of drug-likeness (QED) is 0.765. The van der Waals surface area contributed by atoms with Gasteiger partial charge in [-0.3, -0.25) is 4.79 Å². The van der Waals surface area contributed by atoms with E-state index >= 15 is 0 Å². The van der Waals surface area contributed by atoms with Crippen LogP contribution < -0.4 is 10.5 Å². The molecule has 6 nitrogen and oxygen atoms in total. The number of hydrogen-bond acceptors (Lipinski definition) is 4. The summed E-state index contributed by atoms with van der Waals surface area (Å²) in [5.74, 6) is -0.0855. The van der Waals surface area contributed by atoms with Crippen LogP contribution in [0, 0.1) is 0 Å². The van der Waals surface area contributed by atoms with Crippen LogP contribution in [0.25, 0.3) is 0 Å². The van der Waals surface area contributed by atoms with Crippen molar-refractivity contribution in [1.29, 1.82) is 0 Å². The molecule has 7 heteroatoms. The van der Waals surface area contributed by atoms with E-state index < -0.39 is 20.8 Å². The number of nitrogens with two attached hydrogens (primary N) is 1. The molecule has 0 radical (unpaired) electrons. The molecule has 0 aliphatic carbocycles. The first kappa shape index (κ1) is 16.4. The fraction of sp³-hybridized carbons (Fsp3) is 0.917. The minimum absolute atomic E-state index is 0.0855. The Morgan fingerprint density at radius 1 is 1.32 bits per heavy atom. The molecule has 1 amide bonds. The van der Waals surface area contributed by atoms with Crippen molar-refractivity contribution in [1.82, 2.24) is 9.62 Å². The molecule has 0 saturated carbocycles. The van der Waals surface area contributed by atoms with Crippen molar-refractivity contribution in [3.8, 4) is 0 Å². The minimum atomic E-state index is -3.24. The Balaban J connectivity index is 2.53. The first-order valence-corrected chi connectivity index (χ1v) is 8.18. The van der Waals surface area contributed by atoms with Crippen LogP contribution in [-0.4, -0.2) is 49.1 Å². The van der Waals surface area contributed by atoms with Gasteiger partial charge in [0.25, 0.3) is 0 Å². The highest BCUT2D eigenvalue weighted by Crippen LogP contribution is 2.15. The molecule has 0 unspecified atom stereocenters. The summed E-state index contributed by atoms with van der Waals surface area (Å²) in [5.41, 5.74) is 4.91. The summed E-state index contributed by atoms with van der Waals surface area (Å²) in [4.78, 5) is 13.7. The number of carbonyl (C=O) groups excluding carboxylic acids is 1. The summed E-state index contributed by atoms with van der Waals surface area (Å²) in [6.45, 7) is 7.76. The molecule has 19 heavy (non-hydrogen) atoms. The second kappa shape index (κ2) is 5.76. The molecular weight excluding hydrogens is 266 g/mol. The molecule has 0 aromatic heterocycles. The number of likely N-dealkylation sites (tertiary alicyclic amines) is 1. The summed E-state index contributed by atoms with van der Waals surface area (Å²) < 4.78 is 26.2. The van der Waals surface area contributed by atoms with Crippen molar-refractivity contribution in [2.75, 3.05) is 13.1 Å². The van der Waals surface area contributed by atoms with Gasteiger partial charge in [0, 0.05) is 19.1 Å². The third kappa shape index (κ3) is 4.43. The smallest absolute Gasteiger partial charge is 0.242 e. The molecule has 1 saturated heterocycles. The number of piperidine rings is 1. The van der Waals surface area contributed by atoms with Crippen molar-refractivity contribution in [3.63, 3.8) is 0 Å². The molecule has 112 valence electrons. The monoisotopic (exact) mass is 291 g/mol. The normalized spacial score (nSPS) is 18.9. The van der Waals surface area contributed by atoms with Crippen molar-refractivity contribution in [2.45, 2.75) is 57.4 Å². The Labute approximate surface area is 115 Å². The van der Waals surface area contributed by atoms with Gasteiger partial charge in [0.05, 0.1) is 10.8 Å². The zero-order valence-electron chi connectivity index (χ0n) is 12.1. The lowest BCUT2D eigenvalue weighted by Gasteiger charge is -2.35. The Morgan fingerprint density at radius 2 is 1.79 bits per heavy atom. The van der Waals surface area contributed by atoms with E-state index in [1.165, 1.54) is 0 Å². The maximum absolute atomic E-state index is 12.0. The standard InChI is InChI=1S/C12H25N3O3S/c1-9(2)19(17,18)14-10-5-7-15(8-6-10)11(16)12(3,4)13/h9-10,14H,5-8,13H2,1-4H3. The van der Waals surface area contributed by atoms with Crippen LogP contribution in [0.2, 0.25) is 0 Å². The second-order valence-electron chi connectivity index (χ2n) is 6.00. The lowest BCUT2D eigenvalue weighted by molar-refractivity contribution is -0.136. The van der Waals surface area contributed by atoms with Gasteiger partial charge in [-0.1, -0.05) is 0 Å². The molecule has 3 N–H and O–H groups in total. The number of carbonyl (C=O) groups is 1. The topological polar surface area (TPSA) is 92.5 Å². The van der Waals surface area contributed by atoms with Gasteiger partial charge in [-0.05, 0) is 40.5 Å². The summed E-state index contributed by atoms with van der Waals surface area (Å²) in [6, 6.07) is -0.0858. The van der Waals surface area contributed by atoms with Crippen molar-refractivity contribution < 1.29 is 13.2 Å². The molecule has 1 aliphatic rings. The van der Waals surface area contributed by atoms with E-state index in [2.05, 4.69) is 4.72 Å². The molecule has 0 spiro atoms. The van der Waals surface area contributed by atoms with Crippen molar-refractivity contribution in [3.05, 3.63) is 0 Å². The first-order valence-electron chi connectivity index (χ1n) is 6.63. The van der Waals surface area contributed by atoms with E-state index in [9.17, 15) is 13.2 Å². The number of hydrogen-bond donors (Lipinski definition) is 2. The van der Waals surface area contributed by atoms with Crippen LogP contribution in [0.5, 0.6) is 0 Å². The predicted molar refractivity (Wildman–Crippen MR) is 75.1 cm³/mol. The van der Waals surface area contributed by atoms with Gasteiger partial charge in [0.15, 0.2) is 0 Å². The van der Waals surface area contributed by atoms with Gasteiger partial charge in [-0.15, -0.1) is 0 Å². The van der Waals surface area contributed by atoms with Crippen LogP contribution in [0.3, 0.4) is 0 Å². The predicted octanol–water partition coefficient (Wildman–Crippen LogP) is 0.0425. The highest BCUT2D eigenvalue weighted by Gasteiger charge is 2.32. The molecule has 0 aromatic rings. The molecule has 0 atom stereocenters. The van der Waals surface area contributed by atoms with E-state index in [-0.39, 0.29) is 11.9 Å². The first-order chi connectivity index (χ1) is 8.54. The van der Waals surface area contributed by atoms with Crippen LogP contribution in [0.15, 0.2) is 0 Å². The van der Waals surface area contributed by atoms with Gasteiger partial charge in [-0.25, -0.2) is 13.1 Å². The van der Waals surface area contributed by atoms with Gasteiger partial charge in [0.2, 0.25) is 15.9 Å². The second-order valence-corrected chi connectivity index (χ2v) is 8.27. The lowest BCUT2D eigenvalue weighted by atomic mass is 10.0. The van der Waals surface area contributed by atoms with Gasteiger partial charge in [0.1, 0.15) is 0 Å². The lowest BCUT2D eigenvalue weighted by Crippen LogP contribution is -2.55.